The van der Waals surface area contributed by atoms with E-state index in [1.807, 2.05) is 19.9 Å². The molecule has 2 nitrogen and oxygen atoms in total. The molecule has 118 valence electrons. The first-order valence-corrected chi connectivity index (χ1v) is 8.33. The van der Waals surface area contributed by atoms with Crippen molar-refractivity contribution in [2.45, 2.75) is 58.9 Å². The lowest BCUT2D eigenvalue weighted by Gasteiger charge is -2.27. The molecule has 1 heterocycles. The van der Waals surface area contributed by atoms with E-state index in [9.17, 15) is 4.39 Å². The predicted octanol–water partition coefficient (Wildman–Crippen LogP) is 4.56. The molecule has 0 radical (unpaired) electrons. The molecular weight excluding hydrogens is 263 g/mol. The summed E-state index contributed by atoms with van der Waals surface area (Å²) in [7, 11) is 0. The highest BCUT2D eigenvalue weighted by atomic mass is 19.1. The number of halogens is 1. The minimum atomic E-state index is -0.148. The maximum atomic E-state index is 13.9. The van der Waals surface area contributed by atoms with E-state index in [2.05, 4.69) is 11.8 Å². The molecule has 0 aromatic heterocycles. The first-order valence-electron chi connectivity index (χ1n) is 8.33. The van der Waals surface area contributed by atoms with Crippen molar-refractivity contribution in [3.05, 3.63) is 29.1 Å². The second-order valence-electron chi connectivity index (χ2n) is 6.52. The molecule has 2 rings (SSSR count). The number of anilines is 1. The Labute approximate surface area is 128 Å². The molecule has 3 heteroatoms. The number of hydrogen-bond donors (Lipinski definition) is 1. The molecular formula is C18H29FN2. The second kappa shape index (κ2) is 7.26. The van der Waals surface area contributed by atoms with E-state index in [0.717, 1.165) is 30.3 Å². The third-order valence-electron chi connectivity index (χ3n) is 4.68. The van der Waals surface area contributed by atoms with Crippen LogP contribution in [0.5, 0.6) is 0 Å². The molecule has 1 saturated heterocycles. The van der Waals surface area contributed by atoms with E-state index >= 15 is 0 Å². The summed E-state index contributed by atoms with van der Waals surface area (Å²) in [4.78, 5) is 2.42. The van der Waals surface area contributed by atoms with Gasteiger partial charge in [-0.1, -0.05) is 19.8 Å². The minimum Gasteiger partial charge on any atom is -0.371 e. The van der Waals surface area contributed by atoms with Crippen LogP contribution in [0.25, 0.3) is 0 Å². The van der Waals surface area contributed by atoms with Gasteiger partial charge >= 0.3 is 0 Å². The average molecular weight is 292 g/mol. The van der Waals surface area contributed by atoms with Crippen molar-refractivity contribution in [2.75, 3.05) is 18.0 Å². The SMILES string of the molecule is CCCC1CCCN(c2cc(C)c(F)cc2[C@H](C)N)CC1. The quantitative estimate of drug-likeness (QED) is 0.881. The van der Waals surface area contributed by atoms with Gasteiger partial charge in [0.1, 0.15) is 5.82 Å². The van der Waals surface area contributed by atoms with Crippen molar-refractivity contribution >= 4 is 5.69 Å². The Morgan fingerprint density at radius 3 is 2.76 bits per heavy atom. The lowest BCUT2D eigenvalue weighted by molar-refractivity contribution is 0.435. The number of aryl methyl sites for hydroxylation is 1. The Morgan fingerprint density at radius 1 is 1.33 bits per heavy atom. The van der Waals surface area contributed by atoms with Crippen LogP contribution >= 0.6 is 0 Å². The van der Waals surface area contributed by atoms with E-state index in [1.165, 1.54) is 32.1 Å². The van der Waals surface area contributed by atoms with E-state index < -0.39 is 0 Å². The average Bonchev–Trinajstić information content (AvgIpc) is 2.67. The fourth-order valence-corrected chi connectivity index (χ4v) is 3.42. The molecule has 2 atom stereocenters. The molecule has 1 aromatic carbocycles. The van der Waals surface area contributed by atoms with Crippen LogP contribution in [0.15, 0.2) is 12.1 Å². The predicted molar refractivity (Wildman–Crippen MR) is 88.2 cm³/mol. The summed E-state index contributed by atoms with van der Waals surface area (Å²) in [6, 6.07) is 3.47. The lowest BCUT2D eigenvalue weighted by Crippen LogP contribution is -2.27. The van der Waals surface area contributed by atoms with Gasteiger partial charge in [0.25, 0.3) is 0 Å². The van der Waals surface area contributed by atoms with Crippen LogP contribution in [-0.4, -0.2) is 13.1 Å². The number of hydrogen-bond acceptors (Lipinski definition) is 2. The summed E-state index contributed by atoms with van der Waals surface area (Å²) < 4.78 is 13.9. The number of benzene rings is 1. The monoisotopic (exact) mass is 292 g/mol. The van der Waals surface area contributed by atoms with Crippen LogP contribution in [0.4, 0.5) is 10.1 Å². The zero-order valence-electron chi connectivity index (χ0n) is 13.7. The Balaban J connectivity index is 2.22. The van der Waals surface area contributed by atoms with Crippen molar-refractivity contribution in [3.63, 3.8) is 0 Å². The van der Waals surface area contributed by atoms with Gasteiger partial charge in [-0.05, 0) is 62.3 Å². The van der Waals surface area contributed by atoms with Gasteiger partial charge in [-0.25, -0.2) is 4.39 Å². The molecule has 1 aliphatic rings. The smallest absolute Gasteiger partial charge is 0.126 e. The summed E-state index contributed by atoms with van der Waals surface area (Å²) in [5, 5.41) is 0. The molecule has 21 heavy (non-hydrogen) atoms. The molecule has 0 saturated carbocycles. The van der Waals surface area contributed by atoms with Crippen LogP contribution in [0.2, 0.25) is 0 Å². The van der Waals surface area contributed by atoms with Crippen molar-refractivity contribution in [3.8, 4) is 0 Å². The van der Waals surface area contributed by atoms with Gasteiger partial charge in [0.05, 0.1) is 0 Å². The maximum Gasteiger partial charge on any atom is 0.126 e. The first kappa shape index (κ1) is 16.3. The van der Waals surface area contributed by atoms with Gasteiger partial charge in [0.2, 0.25) is 0 Å². The lowest BCUT2D eigenvalue weighted by atomic mass is 9.96. The van der Waals surface area contributed by atoms with Gasteiger partial charge in [-0.3, -0.25) is 0 Å². The minimum absolute atomic E-state index is 0.134. The topological polar surface area (TPSA) is 29.3 Å². The zero-order chi connectivity index (χ0) is 15.4. The van der Waals surface area contributed by atoms with Gasteiger partial charge < -0.3 is 10.6 Å². The fourth-order valence-electron chi connectivity index (χ4n) is 3.42. The fraction of sp³-hybridized carbons (Fsp3) is 0.667. The molecule has 1 unspecified atom stereocenters. The summed E-state index contributed by atoms with van der Waals surface area (Å²) in [5.41, 5.74) is 8.85. The molecule has 0 aliphatic carbocycles. The second-order valence-corrected chi connectivity index (χ2v) is 6.52. The summed E-state index contributed by atoms with van der Waals surface area (Å²) in [6.45, 7) is 8.16. The van der Waals surface area contributed by atoms with E-state index in [1.54, 1.807) is 6.07 Å². The van der Waals surface area contributed by atoms with Crippen LogP contribution < -0.4 is 10.6 Å². The van der Waals surface area contributed by atoms with Gasteiger partial charge in [-0.2, -0.15) is 0 Å². The van der Waals surface area contributed by atoms with Crippen LogP contribution in [0, 0.1) is 18.7 Å². The van der Waals surface area contributed by atoms with Crippen LogP contribution in [-0.2, 0) is 0 Å². The standard InChI is InChI=1S/C18H29FN2/c1-4-6-15-7-5-9-21(10-8-15)18-11-13(2)17(19)12-16(18)14(3)20/h11-12,14-15H,4-10,20H2,1-3H3/t14-,15?/m0/s1. The van der Waals surface area contributed by atoms with E-state index in [0.29, 0.717) is 5.56 Å². The molecule has 1 fully saturated rings. The molecule has 1 aliphatic heterocycles. The molecule has 0 amide bonds. The first-order chi connectivity index (χ1) is 10.0. The Kier molecular flexibility index (Phi) is 5.63. The largest absolute Gasteiger partial charge is 0.371 e. The highest BCUT2D eigenvalue weighted by Gasteiger charge is 2.20. The molecule has 2 N–H and O–H groups in total. The van der Waals surface area contributed by atoms with E-state index in [-0.39, 0.29) is 11.9 Å². The molecule has 0 spiro atoms. The number of nitrogens with two attached hydrogens (primary N) is 1. The summed E-state index contributed by atoms with van der Waals surface area (Å²) in [6.07, 6.45) is 6.38. The Morgan fingerprint density at radius 2 is 2.10 bits per heavy atom. The van der Waals surface area contributed by atoms with E-state index in [4.69, 9.17) is 5.73 Å². The summed E-state index contributed by atoms with van der Waals surface area (Å²) >= 11 is 0. The van der Waals surface area contributed by atoms with Gasteiger partial charge in [-0.15, -0.1) is 0 Å². The van der Waals surface area contributed by atoms with Crippen molar-refractivity contribution < 1.29 is 4.39 Å². The summed E-state index contributed by atoms with van der Waals surface area (Å²) in [5.74, 6) is 0.699. The van der Waals surface area contributed by atoms with Crippen molar-refractivity contribution in [2.24, 2.45) is 11.7 Å². The van der Waals surface area contributed by atoms with Crippen LogP contribution in [0.1, 0.15) is 63.1 Å². The van der Waals surface area contributed by atoms with Crippen molar-refractivity contribution in [1.29, 1.82) is 0 Å². The Bertz CT molecular complexity index is 471. The third-order valence-corrected chi connectivity index (χ3v) is 4.68. The normalized spacial score (nSPS) is 21.2. The maximum absolute atomic E-state index is 13.9. The Hall–Kier alpha value is -1.09. The zero-order valence-corrected chi connectivity index (χ0v) is 13.7. The number of rotatable bonds is 4. The van der Waals surface area contributed by atoms with Crippen molar-refractivity contribution in [1.82, 2.24) is 0 Å². The van der Waals surface area contributed by atoms with Gasteiger partial charge in [0.15, 0.2) is 0 Å². The highest BCUT2D eigenvalue weighted by Crippen LogP contribution is 2.31. The molecule has 1 aromatic rings. The number of nitrogens with zero attached hydrogens (tertiary/aromatic N) is 1. The third kappa shape index (κ3) is 3.97. The van der Waals surface area contributed by atoms with Gasteiger partial charge in [0, 0.05) is 24.8 Å². The highest BCUT2D eigenvalue weighted by molar-refractivity contribution is 5.57. The van der Waals surface area contributed by atoms with Crippen LogP contribution in [0.3, 0.4) is 0 Å². The molecule has 0 bridgehead atoms.